The van der Waals surface area contributed by atoms with Crippen molar-refractivity contribution in [1.82, 2.24) is 9.29 Å². The van der Waals surface area contributed by atoms with Gasteiger partial charge in [0.05, 0.1) is 11.3 Å². The Morgan fingerprint density at radius 1 is 1.24 bits per heavy atom. The van der Waals surface area contributed by atoms with E-state index in [0.717, 1.165) is 16.8 Å². The molecule has 2 N–H and O–H groups in total. The molecule has 2 heterocycles. The molecule has 1 amide bonds. The van der Waals surface area contributed by atoms with Crippen LogP contribution in [0.5, 0.6) is 0 Å². The molecule has 2 aliphatic rings. The predicted octanol–water partition coefficient (Wildman–Crippen LogP) is 2.41. The van der Waals surface area contributed by atoms with Crippen LogP contribution in [0.15, 0.2) is 29.2 Å². The van der Waals surface area contributed by atoms with Crippen LogP contribution in [0, 0.1) is 13.8 Å². The van der Waals surface area contributed by atoms with E-state index in [1.807, 2.05) is 6.92 Å². The molecule has 6 nitrogen and oxygen atoms in total. The number of rotatable bonds is 5. The monoisotopic (exact) mass is 359 g/mol. The van der Waals surface area contributed by atoms with Gasteiger partial charge in [-0.2, -0.15) is 0 Å². The molecule has 1 saturated carbocycles. The lowest BCUT2D eigenvalue weighted by atomic mass is 10.2. The second kappa shape index (κ2) is 5.71. The molecule has 1 aromatic carbocycles. The second-order valence-electron chi connectivity index (χ2n) is 6.87. The first-order valence-electron chi connectivity index (χ1n) is 8.45. The molecular weight excluding hydrogens is 338 g/mol. The van der Waals surface area contributed by atoms with Crippen LogP contribution in [0.2, 0.25) is 0 Å². The van der Waals surface area contributed by atoms with Crippen LogP contribution in [-0.4, -0.2) is 18.9 Å². The average Bonchev–Trinajstić information content (AvgIpc) is 3.24. The van der Waals surface area contributed by atoms with Crippen molar-refractivity contribution in [1.29, 1.82) is 0 Å². The molecule has 0 saturated heterocycles. The number of hydrogen-bond acceptors (Lipinski definition) is 3. The maximum absolute atomic E-state index is 12.6. The van der Waals surface area contributed by atoms with Crippen molar-refractivity contribution in [2.75, 3.05) is 5.32 Å². The Morgan fingerprint density at radius 2 is 2.00 bits per heavy atom. The molecule has 1 aliphatic heterocycles. The van der Waals surface area contributed by atoms with Gasteiger partial charge in [0, 0.05) is 29.7 Å². The Hall–Kier alpha value is -2.12. The number of nitrogens with zero attached hydrogens (tertiary/aromatic N) is 1. The highest BCUT2D eigenvalue weighted by molar-refractivity contribution is 7.89. The van der Waals surface area contributed by atoms with Crippen LogP contribution >= 0.6 is 0 Å². The summed E-state index contributed by atoms with van der Waals surface area (Å²) in [5.41, 5.74) is 4.73. The standard InChI is InChI=1S/C18H21N3O3S/c1-11-7-14(12(2)21(11)15-3-4-15)10-19-25(23,24)16-5-6-17-13(8-16)9-18(22)20-17/h5-8,15,19H,3-4,9-10H2,1-2H3,(H,20,22). The van der Waals surface area contributed by atoms with Gasteiger partial charge < -0.3 is 9.88 Å². The lowest BCUT2D eigenvalue weighted by molar-refractivity contribution is -0.115. The molecule has 132 valence electrons. The number of carbonyl (C=O) groups is 1. The lowest BCUT2D eigenvalue weighted by Gasteiger charge is -2.10. The number of aryl methyl sites for hydroxylation is 1. The zero-order chi connectivity index (χ0) is 17.8. The summed E-state index contributed by atoms with van der Waals surface area (Å²) in [7, 11) is -3.62. The minimum atomic E-state index is -3.62. The third kappa shape index (κ3) is 2.98. The number of nitrogens with one attached hydrogen (secondary N) is 2. The summed E-state index contributed by atoms with van der Waals surface area (Å²) < 4.78 is 30.2. The average molecular weight is 359 g/mol. The van der Waals surface area contributed by atoms with Crippen molar-refractivity contribution in [3.63, 3.8) is 0 Å². The fourth-order valence-electron chi connectivity index (χ4n) is 3.55. The first-order chi connectivity index (χ1) is 11.8. The molecular formula is C18H21N3O3S. The van der Waals surface area contributed by atoms with Gasteiger partial charge in [-0.05, 0) is 62.1 Å². The molecule has 0 spiro atoms. The number of sulfonamides is 1. The summed E-state index contributed by atoms with van der Waals surface area (Å²) in [6, 6.07) is 7.38. The van der Waals surface area contributed by atoms with Crippen LogP contribution in [0.1, 0.15) is 41.4 Å². The summed E-state index contributed by atoms with van der Waals surface area (Å²) >= 11 is 0. The Labute approximate surface area is 147 Å². The Bertz CT molecular complexity index is 972. The van der Waals surface area contributed by atoms with Gasteiger partial charge in [-0.15, -0.1) is 0 Å². The van der Waals surface area contributed by atoms with E-state index in [1.54, 1.807) is 12.1 Å². The number of hydrogen-bond donors (Lipinski definition) is 2. The fourth-order valence-corrected chi connectivity index (χ4v) is 4.60. The van der Waals surface area contributed by atoms with Gasteiger partial charge in [-0.3, -0.25) is 4.79 Å². The van der Waals surface area contributed by atoms with Crippen LogP contribution in [0.25, 0.3) is 0 Å². The normalized spacial score (nSPS) is 16.8. The quantitative estimate of drug-likeness (QED) is 0.860. The topological polar surface area (TPSA) is 80.2 Å². The molecule has 1 aliphatic carbocycles. The van der Waals surface area contributed by atoms with Crippen molar-refractivity contribution in [3.8, 4) is 0 Å². The number of anilines is 1. The molecule has 2 aromatic rings. The van der Waals surface area contributed by atoms with Crippen molar-refractivity contribution in [3.05, 3.63) is 46.8 Å². The number of amides is 1. The molecule has 4 rings (SSSR count). The van der Waals surface area contributed by atoms with Gasteiger partial charge in [0.2, 0.25) is 15.9 Å². The molecule has 0 atom stereocenters. The summed E-state index contributed by atoms with van der Waals surface area (Å²) in [6.07, 6.45) is 2.62. The third-order valence-corrected chi connectivity index (χ3v) is 6.36. The molecule has 1 aromatic heterocycles. The van der Waals surface area contributed by atoms with E-state index in [0.29, 0.717) is 11.7 Å². The molecule has 0 bridgehead atoms. The van der Waals surface area contributed by atoms with E-state index >= 15 is 0 Å². The smallest absolute Gasteiger partial charge is 0.240 e. The minimum absolute atomic E-state index is 0.106. The number of carbonyl (C=O) groups excluding carboxylic acids is 1. The Morgan fingerprint density at radius 3 is 2.72 bits per heavy atom. The van der Waals surface area contributed by atoms with E-state index in [1.165, 1.54) is 24.6 Å². The highest BCUT2D eigenvalue weighted by Crippen LogP contribution is 2.38. The summed E-state index contributed by atoms with van der Waals surface area (Å²) in [5, 5.41) is 2.71. The maximum atomic E-state index is 12.6. The van der Waals surface area contributed by atoms with E-state index in [9.17, 15) is 13.2 Å². The van der Waals surface area contributed by atoms with Gasteiger partial charge in [0.25, 0.3) is 0 Å². The van der Waals surface area contributed by atoms with Crippen molar-refractivity contribution >= 4 is 21.6 Å². The summed E-state index contributed by atoms with van der Waals surface area (Å²) in [4.78, 5) is 11.6. The number of fused-ring (bicyclic) bond motifs is 1. The number of aromatic nitrogens is 1. The van der Waals surface area contributed by atoms with Crippen molar-refractivity contribution < 1.29 is 13.2 Å². The van der Waals surface area contributed by atoms with Crippen molar-refractivity contribution in [2.24, 2.45) is 0 Å². The van der Waals surface area contributed by atoms with E-state index in [4.69, 9.17) is 0 Å². The van der Waals surface area contributed by atoms with Gasteiger partial charge in [-0.25, -0.2) is 13.1 Å². The fraction of sp³-hybridized carbons (Fsp3) is 0.389. The third-order valence-electron chi connectivity index (χ3n) is 4.97. The maximum Gasteiger partial charge on any atom is 0.240 e. The predicted molar refractivity (Wildman–Crippen MR) is 95.0 cm³/mol. The number of benzene rings is 1. The minimum Gasteiger partial charge on any atom is -0.346 e. The van der Waals surface area contributed by atoms with Crippen LogP contribution in [-0.2, 0) is 27.8 Å². The molecule has 25 heavy (non-hydrogen) atoms. The van der Waals surface area contributed by atoms with E-state index < -0.39 is 10.0 Å². The van der Waals surface area contributed by atoms with Crippen LogP contribution < -0.4 is 10.0 Å². The lowest BCUT2D eigenvalue weighted by Crippen LogP contribution is -2.23. The van der Waals surface area contributed by atoms with Gasteiger partial charge >= 0.3 is 0 Å². The second-order valence-corrected chi connectivity index (χ2v) is 8.63. The Kier molecular flexibility index (Phi) is 3.73. The largest absolute Gasteiger partial charge is 0.346 e. The SMILES string of the molecule is Cc1cc(CNS(=O)(=O)c2ccc3c(c2)CC(=O)N3)c(C)n1C1CC1. The molecule has 1 fully saturated rings. The summed E-state index contributed by atoms with van der Waals surface area (Å²) in [5.74, 6) is -0.106. The zero-order valence-corrected chi connectivity index (χ0v) is 15.1. The van der Waals surface area contributed by atoms with E-state index in [2.05, 4.69) is 27.6 Å². The first kappa shape index (κ1) is 16.4. The van der Waals surface area contributed by atoms with Gasteiger partial charge in [-0.1, -0.05) is 0 Å². The molecule has 0 unspecified atom stereocenters. The Balaban J connectivity index is 1.54. The summed E-state index contributed by atoms with van der Waals surface area (Å²) in [6.45, 7) is 4.37. The van der Waals surface area contributed by atoms with Crippen molar-refractivity contribution in [2.45, 2.75) is 50.6 Å². The van der Waals surface area contributed by atoms with Crippen LogP contribution in [0.3, 0.4) is 0 Å². The van der Waals surface area contributed by atoms with E-state index in [-0.39, 0.29) is 23.8 Å². The van der Waals surface area contributed by atoms with Gasteiger partial charge in [0.1, 0.15) is 0 Å². The highest BCUT2D eigenvalue weighted by atomic mass is 32.2. The highest BCUT2D eigenvalue weighted by Gasteiger charge is 2.27. The first-order valence-corrected chi connectivity index (χ1v) is 9.93. The zero-order valence-electron chi connectivity index (χ0n) is 14.3. The van der Waals surface area contributed by atoms with Gasteiger partial charge in [0.15, 0.2) is 0 Å². The molecule has 0 radical (unpaired) electrons. The van der Waals surface area contributed by atoms with Crippen LogP contribution in [0.4, 0.5) is 5.69 Å². The molecule has 7 heteroatoms.